The Morgan fingerprint density at radius 2 is 1.80 bits per heavy atom. The molecule has 1 amide bonds. The molecule has 1 aromatic carbocycles. The van der Waals surface area contributed by atoms with E-state index in [9.17, 15) is 4.79 Å². The minimum atomic E-state index is -0.476. The van der Waals surface area contributed by atoms with Crippen LogP contribution in [0, 0.1) is 6.92 Å². The van der Waals surface area contributed by atoms with Crippen molar-refractivity contribution in [2.24, 2.45) is 0 Å². The summed E-state index contributed by atoms with van der Waals surface area (Å²) in [6, 6.07) is 7.22. The number of nitrogens with one attached hydrogen (secondary N) is 1. The van der Waals surface area contributed by atoms with Crippen LogP contribution in [-0.2, 0) is 4.74 Å². The van der Waals surface area contributed by atoms with E-state index in [0.29, 0.717) is 5.69 Å². The largest absolute Gasteiger partial charge is 0.444 e. The fraction of sp³-hybridized carbons (Fsp3) is 0.333. The van der Waals surface area contributed by atoms with E-state index >= 15 is 0 Å². The molecule has 81 valence electrons. The van der Waals surface area contributed by atoms with Crippen LogP contribution in [0.3, 0.4) is 0 Å². The standard InChI is InChI=1S/C12H16NO2/c1-9-5-7-10(8-6-9)13-11(14)15-12(2,3)4/h5-8H,1H2,2-4H3,(H,13,14). The number of amides is 1. The summed E-state index contributed by atoms with van der Waals surface area (Å²) in [6.07, 6.45) is -0.445. The van der Waals surface area contributed by atoms with Gasteiger partial charge in [0.05, 0.1) is 0 Å². The topological polar surface area (TPSA) is 38.3 Å². The van der Waals surface area contributed by atoms with Crippen molar-refractivity contribution >= 4 is 11.8 Å². The summed E-state index contributed by atoms with van der Waals surface area (Å²) in [5.74, 6) is 0. The Hall–Kier alpha value is -1.51. The number of carbonyl (C=O) groups excluding carboxylic acids is 1. The van der Waals surface area contributed by atoms with E-state index < -0.39 is 11.7 Å². The molecule has 15 heavy (non-hydrogen) atoms. The summed E-state index contributed by atoms with van der Waals surface area (Å²) in [7, 11) is 0. The van der Waals surface area contributed by atoms with Crippen LogP contribution in [0.2, 0.25) is 0 Å². The van der Waals surface area contributed by atoms with Gasteiger partial charge in [-0.15, -0.1) is 0 Å². The van der Waals surface area contributed by atoms with Crippen molar-refractivity contribution in [3.63, 3.8) is 0 Å². The lowest BCUT2D eigenvalue weighted by atomic mass is 10.2. The van der Waals surface area contributed by atoms with Gasteiger partial charge in [-0.25, -0.2) is 4.79 Å². The first-order valence-electron chi connectivity index (χ1n) is 4.79. The quantitative estimate of drug-likeness (QED) is 0.766. The highest BCUT2D eigenvalue weighted by molar-refractivity contribution is 5.84. The number of hydrogen-bond acceptors (Lipinski definition) is 2. The zero-order valence-corrected chi connectivity index (χ0v) is 9.33. The molecule has 0 unspecified atom stereocenters. The lowest BCUT2D eigenvalue weighted by Gasteiger charge is -2.19. The van der Waals surface area contributed by atoms with Crippen LogP contribution in [0.25, 0.3) is 0 Å². The van der Waals surface area contributed by atoms with Crippen LogP contribution in [-0.4, -0.2) is 11.7 Å². The molecular weight excluding hydrogens is 190 g/mol. The first-order chi connectivity index (χ1) is 6.87. The molecule has 0 bridgehead atoms. The van der Waals surface area contributed by atoms with Crippen molar-refractivity contribution in [2.75, 3.05) is 5.32 Å². The Labute approximate surface area is 90.4 Å². The van der Waals surface area contributed by atoms with Crippen LogP contribution >= 0.6 is 0 Å². The average Bonchev–Trinajstić information content (AvgIpc) is 2.05. The van der Waals surface area contributed by atoms with E-state index in [1.54, 1.807) is 12.1 Å². The Bertz CT molecular complexity index is 336. The van der Waals surface area contributed by atoms with Gasteiger partial charge in [0.1, 0.15) is 5.60 Å². The van der Waals surface area contributed by atoms with Crippen LogP contribution in [0.5, 0.6) is 0 Å². The van der Waals surface area contributed by atoms with Crippen LogP contribution < -0.4 is 5.32 Å². The maximum absolute atomic E-state index is 11.4. The smallest absolute Gasteiger partial charge is 0.412 e. The summed E-state index contributed by atoms with van der Waals surface area (Å²) < 4.78 is 5.11. The SMILES string of the molecule is [CH2]c1ccc(NC(=O)OC(C)(C)C)cc1. The summed E-state index contributed by atoms with van der Waals surface area (Å²) in [6.45, 7) is 9.23. The summed E-state index contributed by atoms with van der Waals surface area (Å²) in [5, 5.41) is 2.64. The monoisotopic (exact) mass is 206 g/mol. The molecule has 0 saturated carbocycles. The molecule has 0 aliphatic rings. The lowest BCUT2D eigenvalue weighted by Crippen LogP contribution is -2.27. The van der Waals surface area contributed by atoms with Crippen LogP contribution in [0.1, 0.15) is 26.3 Å². The molecule has 0 spiro atoms. The molecule has 3 nitrogen and oxygen atoms in total. The van der Waals surface area contributed by atoms with Gasteiger partial charge < -0.3 is 4.74 Å². The fourth-order valence-electron chi connectivity index (χ4n) is 1.01. The molecule has 1 rings (SSSR count). The van der Waals surface area contributed by atoms with Gasteiger partial charge in [-0.2, -0.15) is 0 Å². The van der Waals surface area contributed by atoms with Crippen LogP contribution in [0.4, 0.5) is 10.5 Å². The Balaban J connectivity index is 2.55. The molecule has 3 heteroatoms. The molecular formula is C12H16NO2. The van der Waals surface area contributed by atoms with E-state index in [1.807, 2.05) is 32.9 Å². The summed E-state index contributed by atoms with van der Waals surface area (Å²) >= 11 is 0. The maximum atomic E-state index is 11.4. The third kappa shape index (κ3) is 4.49. The number of carbonyl (C=O) groups is 1. The van der Waals surface area contributed by atoms with Gasteiger partial charge in [0.25, 0.3) is 0 Å². The predicted molar refractivity (Wildman–Crippen MR) is 60.8 cm³/mol. The Morgan fingerprint density at radius 3 is 2.27 bits per heavy atom. The van der Waals surface area contributed by atoms with Gasteiger partial charge in [0.15, 0.2) is 0 Å². The molecule has 0 saturated heterocycles. The molecule has 0 atom stereocenters. The Kier molecular flexibility index (Phi) is 3.35. The maximum Gasteiger partial charge on any atom is 0.412 e. The highest BCUT2D eigenvalue weighted by atomic mass is 16.6. The lowest BCUT2D eigenvalue weighted by molar-refractivity contribution is 0.0636. The van der Waals surface area contributed by atoms with Crippen molar-refractivity contribution in [3.05, 3.63) is 36.8 Å². The number of ether oxygens (including phenoxy) is 1. The highest BCUT2D eigenvalue weighted by Crippen LogP contribution is 2.12. The molecule has 1 aromatic rings. The first kappa shape index (κ1) is 11.6. The molecule has 0 aliphatic heterocycles. The van der Waals surface area contributed by atoms with Crippen molar-refractivity contribution < 1.29 is 9.53 Å². The van der Waals surface area contributed by atoms with Gasteiger partial charge in [-0.1, -0.05) is 12.1 Å². The van der Waals surface area contributed by atoms with Gasteiger partial charge in [-0.05, 0) is 45.4 Å². The van der Waals surface area contributed by atoms with Crippen LogP contribution in [0.15, 0.2) is 24.3 Å². The van der Waals surface area contributed by atoms with Gasteiger partial charge >= 0.3 is 6.09 Å². The van der Waals surface area contributed by atoms with Gasteiger partial charge in [0.2, 0.25) is 0 Å². The minimum absolute atomic E-state index is 0.445. The summed E-state index contributed by atoms with van der Waals surface area (Å²) in [4.78, 5) is 11.4. The second-order valence-corrected chi connectivity index (χ2v) is 4.32. The average molecular weight is 206 g/mol. The second kappa shape index (κ2) is 4.34. The summed E-state index contributed by atoms with van der Waals surface area (Å²) in [5.41, 5.74) is 1.14. The number of anilines is 1. The molecule has 0 aliphatic carbocycles. The molecule has 1 N–H and O–H groups in total. The number of benzene rings is 1. The van der Waals surface area contributed by atoms with E-state index in [1.165, 1.54) is 0 Å². The molecule has 1 radical (unpaired) electrons. The predicted octanol–water partition coefficient (Wildman–Crippen LogP) is 3.22. The third-order valence-electron chi connectivity index (χ3n) is 1.60. The fourth-order valence-corrected chi connectivity index (χ4v) is 1.01. The van der Waals surface area contributed by atoms with Crippen molar-refractivity contribution in [1.82, 2.24) is 0 Å². The van der Waals surface area contributed by atoms with E-state index in [-0.39, 0.29) is 0 Å². The Morgan fingerprint density at radius 1 is 1.27 bits per heavy atom. The zero-order chi connectivity index (χ0) is 11.5. The van der Waals surface area contributed by atoms with Crippen molar-refractivity contribution in [1.29, 1.82) is 0 Å². The van der Waals surface area contributed by atoms with Gasteiger partial charge in [0, 0.05) is 5.69 Å². The van der Waals surface area contributed by atoms with E-state index in [4.69, 9.17) is 4.74 Å². The molecule has 0 heterocycles. The normalized spacial score (nSPS) is 10.9. The number of hydrogen-bond donors (Lipinski definition) is 1. The van der Waals surface area contributed by atoms with E-state index in [0.717, 1.165) is 5.56 Å². The van der Waals surface area contributed by atoms with E-state index in [2.05, 4.69) is 12.2 Å². The number of rotatable bonds is 1. The van der Waals surface area contributed by atoms with Crippen molar-refractivity contribution in [2.45, 2.75) is 26.4 Å². The molecule has 0 aromatic heterocycles. The van der Waals surface area contributed by atoms with Crippen molar-refractivity contribution in [3.8, 4) is 0 Å². The second-order valence-electron chi connectivity index (χ2n) is 4.32. The first-order valence-corrected chi connectivity index (χ1v) is 4.79. The van der Waals surface area contributed by atoms with Gasteiger partial charge in [-0.3, -0.25) is 5.32 Å². The zero-order valence-electron chi connectivity index (χ0n) is 9.33. The highest BCUT2D eigenvalue weighted by Gasteiger charge is 2.15. The minimum Gasteiger partial charge on any atom is -0.444 e. The third-order valence-corrected chi connectivity index (χ3v) is 1.60. The molecule has 0 fully saturated rings.